The maximum absolute atomic E-state index is 12.6. The molecule has 8 rings (SSSR count). The van der Waals surface area contributed by atoms with Gasteiger partial charge in [0.15, 0.2) is 18.9 Å². The molecule has 4 heterocycles. The Morgan fingerprint density at radius 1 is 0.833 bits per heavy atom. The number of ether oxygens (including phenoxy) is 7. The number of carbonyl (C=O) groups is 2. The van der Waals surface area contributed by atoms with Crippen LogP contribution in [0.4, 0.5) is 0 Å². The van der Waals surface area contributed by atoms with E-state index in [0.717, 1.165) is 44.1 Å². The van der Waals surface area contributed by atoms with Gasteiger partial charge in [0.1, 0.15) is 18.8 Å². The van der Waals surface area contributed by atoms with Gasteiger partial charge in [0.25, 0.3) is 0 Å². The Morgan fingerprint density at radius 2 is 1.52 bits per heavy atom. The minimum atomic E-state index is -1.01. The summed E-state index contributed by atoms with van der Waals surface area (Å²) in [5, 5.41) is 56.1. The lowest BCUT2D eigenvalue weighted by Crippen LogP contribution is -2.67. The van der Waals surface area contributed by atoms with Crippen LogP contribution in [0, 0.1) is 34.5 Å². The number of carbonyl (C=O) groups excluding carboxylic acids is 1. The van der Waals surface area contributed by atoms with Gasteiger partial charge in [-0.3, -0.25) is 4.79 Å². The molecule has 340 valence electrons. The van der Waals surface area contributed by atoms with Crippen LogP contribution in [0.1, 0.15) is 118 Å². The summed E-state index contributed by atoms with van der Waals surface area (Å²) < 4.78 is 43.1. The summed E-state index contributed by atoms with van der Waals surface area (Å²) in [5.41, 5.74) is -0.888. The first-order valence-corrected chi connectivity index (χ1v) is 23.0. The van der Waals surface area contributed by atoms with Crippen molar-refractivity contribution in [2.45, 2.75) is 197 Å². The molecule has 4 aliphatic heterocycles. The van der Waals surface area contributed by atoms with E-state index in [4.69, 9.17) is 38.3 Å². The van der Waals surface area contributed by atoms with E-state index >= 15 is 0 Å². The van der Waals surface area contributed by atoms with Crippen molar-refractivity contribution in [1.82, 2.24) is 4.90 Å². The van der Waals surface area contributed by atoms with Crippen LogP contribution in [-0.4, -0.2) is 148 Å². The van der Waals surface area contributed by atoms with Gasteiger partial charge in [-0.1, -0.05) is 13.8 Å². The molecule has 5 N–H and O–H groups in total. The van der Waals surface area contributed by atoms with E-state index < -0.39 is 78.6 Å². The fraction of sp³-hybridized carbons (Fsp3) is 0.911. The zero-order valence-electron chi connectivity index (χ0n) is 36.2. The van der Waals surface area contributed by atoms with Crippen LogP contribution in [0.25, 0.3) is 0 Å². The van der Waals surface area contributed by atoms with Crippen molar-refractivity contribution in [3.05, 3.63) is 11.6 Å². The Kier molecular flexibility index (Phi) is 13.2. The molecule has 0 aromatic carbocycles. The Bertz CT molecular complexity index is 1560. The third-order valence-corrected chi connectivity index (χ3v) is 16.7. The van der Waals surface area contributed by atoms with Crippen LogP contribution < -0.4 is 0 Å². The number of carboxylic acid groups (broad SMARTS) is 1. The number of nitrogens with zero attached hydrogens (tertiary/aromatic N) is 1. The Labute approximate surface area is 354 Å². The van der Waals surface area contributed by atoms with Gasteiger partial charge in [0.05, 0.1) is 48.3 Å². The predicted octanol–water partition coefficient (Wildman–Crippen LogP) is 3.66. The number of aliphatic hydroxyl groups is 4. The van der Waals surface area contributed by atoms with Gasteiger partial charge in [-0.05, 0) is 120 Å². The summed E-state index contributed by atoms with van der Waals surface area (Å²) in [7, 11) is 0. The molecule has 8 aliphatic rings. The largest absolute Gasteiger partial charge is 0.481 e. The first-order valence-electron chi connectivity index (χ1n) is 23.0. The first kappa shape index (κ1) is 44.8. The molecule has 7 fully saturated rings. The van der Waals surface area contributed by atoms with Crippen molar-refractivity contribution in [2.75, 3.05) is 26.2 Å². The molecule has 0 aromatic heterocycles. The van der Waals surface area contributed by atoms with Crippen LogP contribution in [0.2, 0.25) is 0 Å². The third-order valence-electron chi connectivity index (χ3n) is 16.7. The first-order chi connectivity index (χ1) is 28.5. The summed E-state index contributed by atoms with van der Waals surface area (Å²) in [6.45, 7) is 12.3. The lowest BCUT2D eigenvalue weighted by atomic mass is 9.42. The highest BCUT2D eigenvalue weighted by Gasteiger charge is 2.71. The van der Waals surface area contributed by atoms with E-state index in [1.807, 2.05) is 27.7 Å². The van der Waals surface area contributed by atoms with Crippen molar-refractivity contribution >= 4 is 11.9 Å². The number of cyclic esters (lactones) is 1. The molecule has 15 nitrogen and oxygen atoms in total. The lowest BCUT2D eigenvalue weighted by molar-refractivity contribution is -0.329. The lowest BCUT2D eigenvalue weighted by Gasteiger charge is -2.65. The summed E-state index contributed by atoms with van der Waals surface area (Å²) in [4.78, 5) is 25.1. The van der Waals surface area contributed by atoms with E-state index in [1.165, 1.54) is 0 Å². The standard InChI is InChI=1S/C45H71NO14/c1-24-22-46(15-6-7-36(50)51)16-12-38(55-24)59-41-25(2)57-40(21-34(41)48)60-42-26(3)56-39(20-33(42)47)58-29-10-13-43(4)28(18-29)8-9-31-32(43)19-35(49)44(5)30(11-14-45(31,44)53)27-17-37(52)54-23-27/h17,24-26,28-35,38-42,47-49,53H,6-16,18-23H2,1-5H3,(H,50,51)/t24-,25-,26-,28-,29+,30-,31-,32+,33+,34+,35-,38+,39+,40+,41-,42-,43+,44+,45+/m1/s1. The molecule has 0 aromatic rings. The molecule has 4 aliphatic carbocycles. The topological polar surface area (TPSA) is 203 Å². The molecule has 0 spiro atoms. The number of carboxylic acids is 1. The third kappa shape index (κ3) is 8.48. The second kappa shape index (κ2) is 17.7. The van der Waals surface area contributed by atoms with Gasteiger partial charge < -0.3 is 63.6 Å². The van der Waals surface area contributed by atoms with Gasteiger partial charge >= 0.3 is 11.9 Å². The van der Waals surface area contributed by atoms with Crippen molar-refractivity contribution in [1.29, 1.82) is 0 Å². The summed E-state index contributed by atoms with van der Waals surface area (Å²) in [5.74, 6) is -0.590. The van der Waals surface area contributed by atoms with Crippen molar-refractivity contribution in [3.63, 3.8) is 0 Å². The molecule has 3 saturated heterocycles. The Balaban J connectivity index is 0.808. The van der Waals surface area contributed by atoms with Crippen molar-refractivity contribution < 1.29 is 68.3 Å². The fourth-order valence-electron chi connectivity index (χ4n) is 13.5. The maximum atomic E-state index is 12.6. The van der Waals surface area contributed by atoms with Crippen LogP contribution in [0.15, 0.2) is 11.6 Å². The molecule has 0 bridgehead atoms. The molecule has 15 heteroatoms. The monoisotopic (exact) mass is 849 g/mol. The van der Waals surface area contributed by atoms with Gasteiger partial charge in [0, 0.05) is 50.3 Å². The van der Waals surface area contributed by atoms with Crippen molar-refractivity contribution in [3.8, 4) is 0 Å². The van der Waals surface area contributed by atoms with Crippen LogP contribution >= 0.6 is 0 Å². The molecular formula is C45H71NO14. The van der Waals surface area contributed by atoms with Crippen LogP contribution in [-0.2, 0) is 42.7 Å². The van der Waals surface area contributed by atoms with E-state index in [0.29, 0.717) is 51.2 Å². The molecule has 60 heavy (non-hydrogen) atoms. The minimum absolute atomic E-state index is 0.0406. The summed E-state index contributed by atoms with van der Waals surface area (Å²) in [6, 6.07) is 0. The van der Waals surface area contributed by atoms with Crippen LogP contribution in [0.5, 0.6) is 0 Å². The van der Waals surface area contributed by atoms with E-state index in [-0.39, 0.29) is 67.2 Å². The van der Waals surface area contributed by atoms with Crippen LogP contribution in [0.3, 0.4) is 0 Å². The average Bonchev–Trinajstić information content (AvgIpc) is 3.67. The number of aliphatic carboxylic acids is 1. The molecule has 19 atom stereocenters. The maximum Gasteiger partial charge on any atom is 0.331 e. The number of rotatable bonds is 11. The molecule has 0 radical (unpaired) electrons. The molecule has 0 unspecified atom stereocenters. The van der Waals surface area contributed by atoms with Gasteiger partial charge in [-0.25, -0.2) is 4.79 Å². The second-order valence-corrected chi connectivity index (χ2v) is 20.2. The number of esters is 1. The van der Waals surface area contributed by atoms with E-state index in [1.54, 1.807) is 6.08 Å². The number of hydrogen-bond donors (Lipinski definition) is 5. The van der Waals surface area contributed by atoms with Gasteiger partial charge in [0.2, 0.25) is 0 Å². The van der Waals surface area contributed by atoms with E-state index in [9.17, 15) is 30.0 Å². The highest BCUT2D eigenvalue weighted by Crippen LogP contribution is 2.70. The average molecular weight is 850 g/mol. The number of fused-ring (bicyclic) bond motifs is 5. The molecule has 4 saturated carbocycles. The molecule has 0 amide bonds. The quantitative estimate of drug-likeness (QED) is 0.149. The number of aliphatic hydroxyl groups excluding tert-OH is 3. The van der Waals surface area contributed by atoms with Crippen molar-refractivity contribution in [2.24, 2.45) is 34.5 Å². The number of hydrogen-bond acceptors (Lipinski definition) is 14. The Morgan fingerprint density at radius 3 is 2.17 bits per heavy atom. The highest BCUT2D eigenvalue weighted by molar-refractivity contribution is 5.85. The normalized spacial score (nSPS) is 49.9. The minimum Gasteiger partial charge on any atom is -0.481 e. The van der Waals surface area contributed by atoms with Gasteiger partial charge in [-0.15, -0.1) is 0 Å². The molecular weight excluding hydrogens is 778 g/mol. The highest BCUT2D eigenvalue weighted by atomic mass is 16.7. The predicted molar refractivity (Wildman–Crippen MR) is 214 cm³/mol. The summed E-state index contributed by atoms with van der Waals surface area (Å²) >= 11 is 0. The fourth-order valence-corrected chi connectivity index (χ4v) is 13.5. The second-order valence-electron chi connectivity index (χ2n) is 20.2. The smallest absolute Gasteiger partial charge is 0.331 e. The zero-order chi connectivity index (χ0) is 42.7. The Hall–Kier alpha value is -1.76. The van der Waals surface area contributed by atoms with Gasteiger partial charge in [-0.2, -0.15) is 0 Å². The summed E-state index contributed by atoms with van der Waals surface area (Å²) in [6.07, 6.45) is 2.86. The zero-order valence-corrected chi connectivity index (χ0v) is 36.2. The SMILES string of the molecule is C[C@@H]1CN(CCCC(=O)O)CC[C@H](O[C@H]2[C@@H](O)C[C@H](O[C@H]3[C@@H](O)C[C@H](O[C@H]4CC[C@@]5(C)[C@H](CC[C@@H]6[C@@H]5C[C@@H](O)[C@]5(C)[C@@H](C7=CC(=O)OC7)CC[C@]65O)C4)O[C@@H]3C)O[C@@H]2C)O1. The van der Waals surface area contributed by atoms with E-state index in [2.05, 4.69) is 11.8 Å².